The number of carbonyl (C=O) groups excluding carboxylic acids is 2. The molecule has 0 radical (unpaired) electrons. The smallest absolute Gasteiger partial charge is 0.246 e. The topological polar surface area (TPSA) is 69.6 Å². The van der Waals surface area contributed by atoms with Crippen molar-refractivity contribution >= 4 is 11.8 Å². The summed E-state index contributed by atoms with van der Waals surface area (Å²) < 4.78 is 0. The van der Waals surface area contributed by atoms with Gasteiger partial charge in [0.05, 0.1) is 0 Å². The Balaban J connectivity index is 1.82. The second-order valence-corrected chi connectivity index (χ2v) is 7.92. The standard InChI is InChI=1S/C22H32N2O3/c1-3-5-8-16-12-15(13-17(20(16)25)9-6-4-2)14-18-22(27)24-11-7-10-19(24)21(26)23-18/h12-13,18-19,25H,3-11,14H2,1-2H3,(H,23,26)/t18-,19-/m0/s1. The molecule has 5 nitrogen and oxygen atoms in total. The van der Waals surface area contributed by atoms with Crippen LogP contribution < -0.4 is 5.32 Å². The number of piperazine rings is 1. The summed E-state index contributed by atoms with van der Waals surface area (Å²) in [5.41, 5.74) is 2.96. The summed E-state index contributed by atoms with van der Waals surface area (Å²) in [7, 11) is 0. The molecule has 0 aromatic heterocycles. The lowest BCUT2D eigenvalue weighted by Gasteiger charge is -2.34. The fraction of sp³-hybridized carbons (Fsp3) is 0.636. The van der Waals surface area contributed by atoms with E-state index in [4.69, 9.17) is 0 Å². The molecule has 0 aliphatic carbocycles. The summed E-state index contributed by atoms with van der Waals surface area (Å²) in [5, 5.41) is 13.6. The summed E-state index contributed by atoms with van der Waals surface area (Å²) in [6, 6.07) is 3.29. The van der Waals surface area contributed by atoms with Gasteiger partial charge in [-0.3, -0.25) is 9.59 Å². The van der Waals surface area contributed by atoms with Gasteiger partial charge in [0.2, 0.25) is 11.8 Å². The first kappa shape index (κ1) is 19.7. The van der Waals surface area contributed by atoms with Crippen LogP contribution in [0.3, 0.4) is 0 Å². The minimum Gasteiger partial charge on any atom is -0.507 e. The maximum Gasteiger partial charge on any atom is 0.246 e. The number of unbranched alkanes of at least 4 members (excludes halogenated alkanes) is 2. The van der Waals surface area contributed by atoms with Crippen LogP contribution in [0.4, 0.5) is 0 Å². The van der Waals surface area contributed by atoms with Gasteiger partial charge in [-0.2, -0.15) is 0 Å². The molecule has 5 heteroatoms. The molecule has 2 saturated heterocycles. The molecular formula is C22H32N2O3. The van der Waals surface area contributed by atoms with Gasteiger partial charge in [0.15, 0.2) is 0 Å². The monoisotopic (exact) mass is 372 g/mol. The summed E-state index contributed by atoms with van der Waals surface area (Å²) in [4.78, 5) is 26.9. The number of nitrogens with one attached hydrogen (secondary N) is 1. The van der Waals surface area contributed by atoms with Crippen molar-refractivity contribution in [3.05, 3.63) is 28.8 Å². The number of aryl methyl sites for hydroxylation is 2. The van der Waals surface area contributed by atoms with E-state index in [1.165, 1.54) is 0 Å². The van der Waals surface area contributed by atoms with Gasteiger partial charge in [0, 0.05) is 13.0 Å². The van der Waals surface area contributed by atoms with E-state index < -0.39 is 6.04 Å². The van der Waals surface area contributed by atoms with Crippen molar-refractivity contribution in [1.82, 2.24) is 10.2 Å². The van der Waals surface area contributed by atoms with E-state index in [1.807, 2.05) is 12.1 Å². The lowest BCUT2D eigenvalue weighted by atomic mass is 9.93. The number of hydrogen-bond acceptors (Lipinski definition) is 3. The molecule has 27 heavy (non-hydrogen) atoms. The first-order chi connectivity index (χ1) is 13.0. The summed E-state index contributed by atoms with van der Waals surface area (Å²) in [5.74, 6) is 0.433. The van der Waals surface area contributed by atoms with Crippen molar-refractivity contribution < 1.29 is 14.7 Å². The average molecular weight is 373 g/mol. The molecule has 1 aromatic rings. The second kappa shape index (κ2) is 8.77. The minimum absolute atomic E-state index is 0.0201. The normalized spacial score (nSPS) is 22.1. The third kappa shape index (κ3) is 4.28. The molecule has 0 unspecified atom stereocenters. The van der Waals surface area contributed by atoms with Crippen molar-refractivity contribution in [2.45, 2.75) is 83.7 Å². The molecule has 3 rings (SSSR count). The van der Waals surface area contributed by atoms with Crippen molar-refractivity contribution in [2.24, 2.45) is 0 Å². The molecular weight excluding hydrogens is 340 g/mol. The molecule has 2 atom stereocenters. The van der Waals surface area contributed by atoms with Crippen LogP contribution in [0, 0.1) is 0 Å². The summed E-state index contributed by atoms with van der Waals surface area (Å²) in [6.45, 7) is 4.97. The highest BCUT2D eigenvalue weighted by Gasteiger charge is 2.42. The number of carbonyl (C=O) groups is 2. The molecule has 2 aliphatic heterocycles. The van der Waals surface area contributed by atoms with Crippen LogP contribution in [0.15, 0.2) is 12.1 Å². The highest BCUT2D eigenvalue weighted by Crippen LogP contribution is 2.29. The highest BCUT2D eigenvalue weighted by atomic mass is 16.3. The molecule has 0 bridgehead atoms. The van der Waals surface area contributed by atoms with Crippen molar-refractivity contribution in [1.29, 1.82) is 0 Å². The maximum absolute atomic E-state index is 12.8. The average Bonchev–Trinajstić information content (AvgIpc) is 3.15. The van der Waals surface area contributed by atoms with E-state index in [1.54, 1.807) is 4.90 Å². The minimum atomic E-state index is -0.491. The molecule has 2 amide bonds. The van der Waals surface area contributed by atoms with Crippen LogP contribution in [0.2, 0.25) is 0 Å². The van der Waals surface area contributed by atoms with Gasteiger partial charge >= 0.3 is 0 Å². The Morgan fingerprint density at radius 3 is 2.33 bits per heavy atom. The lowest BCUT2D eigenvalue weighted by Crippen LogP contribution is -2.61. The Labute approximate surface area is 162 Å². The van der Waals surface area contributed by atoms with Gasteiger partial charge in [0.25, 0.3) is 0 Å². The van der Waals surface area contributed by atoms with E-state index in [9.17, 15) is 14.7 Å². The van der Waals surface area contributed by atoms with Gasteiger partial charge in [0.1, 0.15) is 17.8 Å². The number of aromatic hydroxyl groups is 1. The number of fused-ring (bicyclic) bond motifs is 1. The van der Waals surface area contributed by atoms with E-state index in [-0.39, 0.29) is 17.9 Å². The number of amides is 2. The van der Waals surface area contributed by atoms with Crippen molar-refractivity contribution in [2.75, 3.05) is 6.54 Å². The number of rotatable bonds is 8. The van der Waals surface area contributed by atoms with Gasteiger partial charge in [-0.1, -0.05) is 38.8 Å². The molecule has 2 fully saturated rings. The van der Waals surface area contributed by atoms with Crippen LogP contribution >= 0.6 is 0 Å². The van der Waals surface area contributed by atoms with Crippen LogP contribution in [0.25, 0.3) is 0 Å². The second-order valence-electron chi connectivity index (χ2n) is 7.92. The van der Waals surface area contributed by atoms with Gasteiger partial charge in [-0.15, -0.1) is 0 Å². The fourth-order valence-corrected chi connectivity index (χ4v) is 4.27. The zero-order valence-electron chi connectivity index (χ0n) is 16.6. The Hall–Kier alpha value is -2.04. The summed E-state index contributed by atoms with van der Waals surface area (Å²) in [6.07, 6.45) is 8.04. The fourth-order valence-electron chi connectivity index (χ4n) is 4.27. The van der Waals surface area contributed by atoms with Gasteiger partial charge in [-0.25, -0.2) is 0 Å². The molecule has 0 saturated carbocycles. The summed E-state index contributed by atoms with van der Waals surface area (Å²) >= 11 is 0. The Kier molecular flexibility index (Phi) is 6.40. The van der Waals surface area contributed by atoms with Crippen LogP contribution in [0.1, 0.15) is 69.1 Å². The van der Waals surface area contributed by atoms with Crippen molar-refractivity contribution in [3.63, 3.8) is 0 Å². The quantitative estimate of drug-likeness (QED) is 0.737. The molecule has 148 valence electrons. The van der Waals surface area contributed by atoms with E-state index in [0.29, 0.717) is 18.7 Å². The van der Waals surface area contributed by atoms with E-state index in [2.05, 4.69) is 19.2 Å². The van der Waals surface area contributed by atoms with Crippen molar-refractivity contribution in [3.8, 4) is 5.75 Å². The molecule has 2 aliphatic rings. The Bertz CT molecular complexity index is 672. The zero-order valence-corrected chi connectivity index (χ0v) is 16.6. The number of nitrogens with zero attached hydrogens (tertiary/aromatic N) is 1. The number of benzene rings is 1. The molecule has 1 aromatic carbocycles. The van der Waals surface area contributed by atoms with E-state index >= 15 is 0 Å². The number of phenols is 1. The molecule has 0 spiro atoms. The van der Waals surface area contributed by atoms with Gasteiger partial charge in [-0.05, 0) is 55.2 Å². The molecule has 2 N–H and O–H groups in total. The SMILES string of the molecule is CCCCc1cc(C[C@@H]2NC(=O)[C@@H]3CCCN3C2=O)cc(CCCC)c1O. The Morgan fingerprint density at radius 1 is 1.11 bits per heavy atom. The highest BCUT2D eigenvalue weighted by molar-refractivity contribution is 5.97. The first-order valence-corrected chi connectivity index (χ1v) is 10.5. The lowest BCUT2D eigenvalue weighted by molar-refractivity contribution is -0.146. The predicted molar refractivity (Wildman–Crippen MR) is 106 cm³/mol. The number of phenolic OH excluding ortho intramolecular Hbond substituents is 1. The molecule has 2 heterocycles. The van der Waals surface area contributed by atoms with E-state index in [0.717, 1.165) is 68.1 Å². The third-order valence-corrected chi connectivity index (χ3v) is 5.82. The van der Waals surface area contributed by atoms with Crippen LogP contribution in [-0.4, -0.2) is 40.4 Å². The van der Waals surface area contributed by atoms with Crippen LogP contribution in [-0.2, 0) is 28.9 Å². The largest absolute Gasteiger partial charge is 0.507 e. The Morgan fingerprint density at radius 2 is 1.74 bits per heavy atom. The first-order valence-electron chi connectivity index (χ1n) is 10.5. The number of hydrogen-bond donors (Lipinski definition) is 2. The zero-order chi connectivity index (χ0) is 19.4. The third-order valence-electron chi connectivity index (χ3n) is 5.82. The maximum atomic E-state index is 12.8. The van der Waals surface area contributed by atoms with Crippen LogP contribution in [0.5, 0.6) is 5.75 Å². The predicted octanol–water partition coefficient (Wildman–Crippen LogP) is 3.11. The van der Waals surface area contributed by atoms with Gasteiger partial charge < -0.3 is 15.3 Å².